The molecule has 1 aliphatic heterocycles. The van der Waals surface area contributed by atoms with E-state index in [1.165, 1.54) is 5.56 Å². The van der Waals surface area contributed by atoms with Crippen LogP contribution in [0.15, 0.2) is 12.4 Å². The Morgan fingerprint density at radius 1 is 1.29 bits per heavy atom. The fourth-order valence-electron chi connectivity index (χ4n) is 2.53. The van der Waals surface area contributed by atoms with Crippen molar-refractivity contribution in [3.8, 4) is 0 Å². The highest BCUT2D eigenvalue weighted by molar-refractivity contribution is 5.47. The van der Waals surface area contributed by atoms with Crippen LogP contribution in [-0.2, 0) is 30.7 Å². The van der Waals surface area contributed by atoms with Crippen molar-refractivity contribution in [3.05, 3.63) is 35.0 Å². The van der Waals surface area contributed by atoms with Gasteiger partial charge in [0, 0.05) is 25.6 Å². The number of hydrogen-bond acceptors (Lipinski definition) is 6. The molecule has 0 bridgehead atoms. The Kier molecular flexibility index (Phi) is 4.42. The molecule has 0 spiro atoms. The van der Waals surface area contributed by atoms with Crippen molar-refractivity contribution in [1.82, 2.24) is 25.5 Å². The quantitative estimate of drug-likeness (QED) is 0.748. The fraction of sp³-hybridized carbons (Fsp3) is 0.500. The van der Waals surface area contributed by atoms with E-state index >= 15 is 0 Å². The zero-order valence-electron chi connectivity index (χ0n) is 12.1. The van der Waals surface area contributed by atoms with Gasteiger partial charge in [-0.2, -0.15) is 5.10 Å². The third-order valence-corrected chi connectivity index (χ3v) is 3.55. The molecule has 7 heteroatoms. The van der Waals surface area contributed by atoms with Crippen molar-refractivity contribution >= 4 is 5.82 Å². The van der Waals surface area contributed by atoms with Crippen molar-refractivity contribution in [2.75, 3.05) is 25.5 Å². The highest BCUT2D eigenvalue weighted by Gasteiger charge is 2.14. The lowest BCUT2D eigenvalue weighted by molar-refractivity contribution is 0.181. The summed E-state index contributed by atoms with van der Waals surface area (Å²) in [5.74, 6) is 0.923. The molecule has 3 heterocycles. The summed E-state index contributed by atoms with van der Waals surface area (Å²) < 4.78 is 5.06. The summed E-state index contributed by atoms with van der Waals surface area (Å²) in [6.07, 6.45) is 3.54. The molecule has 1 aliphatic rings. The molecule has 0 fully saturated rings. The van der Waals surface area contributed by atoms with Gasteiger partial charge in [0.2, 0.25) is 0 Å². The van der Waals surface area contributed by atoms with E-state index < -0.39 is 0 Å². The first kappa shape index (κ1) is 14.0. The van der Waals surface area contributed by atoms with Gasteiger partial charge in [0.15, 0.2) is 0 Å². The van der Waals surface area contributed by atoms with Crippen molar-refractivity contribution in [3.63, 3.8) is 0 Å². The van der Waals surface area contributed by atoms with Crippen LogP contribution in [-0.4, -0.2) is 40.4 Å². The first-order chi connectivity index (χ1) is 10.4. The lowest BCUT2D eigenvalue weighted by atomic mass is 10.1. The molecular formula is C14H20N6O. The number of anilines is 1. The predicted octanol–water partition coefficient (Wildman–Crippen LogP) is 0.646. The number of aromatic nitrogens is 4. The minimum atomic E-state index is 0.519. The van der Waals surface area contributed by atoms with Gasteiger partial charge in [-0.25, -0.2) is 9.97 Å². The van der Waals surface area contributed by atoms with E-state index in [0.717, 1.165) is 48.8 Å². The van der Waals surface area contributed by atoms with E-state index in [0.29, 0.717) is 13.2 Å². The molecular weight excluding hydrogens is 268 g/mol. The maximum absolute atomic E-state index is 5.06. The SMILES string of the molecule is COCc1cc(CNc2ncnc3c2CCNCC3)[nH]n1. The second kappa shape index (κ2) is 6.64. The van der Waals surface area contributed by atoms with E-state index in [4.69, 9.17) is 4.74 Å². The Hall–Kier alpha value is -1.99. The lowest BCUT2D eigenvalue weighted by Gasteiger charge is -2.11. The molecule has 0 saturated carbocycles. The predicted molar refractivity (Wildman–Crippen MR) is 78.9 cm³/mol. The largest absolute Gasteiger partial charge is 0.378 e. The molecule has 112 valence electrons. The Morgan fingerprint density at radius 3 is 3.10 bits per heavy atom. The third kappa shape index (κ3) is 3.37. The van der Waals surface area contributed by atoms with Crippen LogP contribution in [0.2, 0.25) is 0 Å². The van der Waals surface area contributed by atoms with Gasteiger partial charge in [-0.05, 0) is 19.0 Å². The average molecular weight is 288 g/mol. The van der Waals surface area contributed by atoms with Gasteiger partial charge in [-0.3, -0.25) is 5.10 Å². The van der Waals surface area contributed by atoms with Crippen molar-refractivity contribution in [1.29, 1.82) is 0 Å². The smallest absolute Gasteiger partial charge is 0.133 e. The first-order valence-corrected chi connectivity index (χ1v) is 7.16. The zero-order chi connectivity index (χ0) is 14.5. The number of nitrogens with zero attached hydrogens (tertiary/aromatic N) is 3. The van der Waals surface area contributed by atoms with E-state index in [2.05, 4.69) is 30.8 Å². The number of H-pyrrole nitrogens is 1. The Morgan fingerprint density at radius 2 is 2.19 bits per heavy atom. The molecule has 7 nitrogen and oxygen atoms in total. The molecule has 3 rings (SSSR count). The Balaban J connectivity index is 1.69. The van der Waals surface area contributed by atoms with Gasteiger partial charge in [0.25, 0.3) is 0 Å². The fourth-order valence-corrected chi connectivity index (χ4v) is 2.53. The van der Waals surface area contributed by atoms with Crippen LogP contribution in [0.4, 0.5) is 5.82 Å². The van der Waals surface area contributed by atoms with Crippen molar-refractivity contribution in [2.45, 2.75) is 26.0 Å². The molecule has 3 N–H and O–H groups in total. The van der Waals surface area contributed by atoms with Gasteiger partial charge in [-0.15, -0.1) is 0 Å². The summed E-state index contributed by atoms with van der Waals surface area (Å²) in [6, 6.07) is 2.00. The van der Waals surface area contributed by atoms with Crippen LogP contribution in [0.5, 0.6) is 0 Å². The molecule has 2 aromatic rings. The van der Waals surface area contributed by atoms with Crippen LogP contribution < -0.4 is 10.6 Å². The maximum atomic E-state index is 5.06. The molecule has 2 aromatic heterocycles. The summed E-state index contributed by atoms with van der Waals surface area (Å²) in [5, 5.41) is 14.0. The van der Waals surface area contributed by atoms with Gasteiger partial charge >= 0.3 is 0 Å². The van der Waals surface area contributed by atoms with Crippen molar-refractivity contribution < 1.29 is 4.74 Å². The van der Waals surface area contributed by atoms with Gasteiger partial charge in [-0.1, -0.05) is 0 Å². The highest BCUT2D eigenvalue weighted by Crippen LogP contribution is 2.18. The number of hydrogen-bond donors (Lipinski definition) is 3. The summed E-state index contributed by atoms with van der Waals surface area (Å²) in [6.45, 7) is 3.13. The van der Waals surface area contributed by atoms with Crippen LogP contribution >= 0.6 is 0 Å². The van der Waals surface area contributed by atoms with E-state index in [9.17, 15) is 0 Å². The molecule has 21 heavy (non-hydrogen) atoms. The standard InChI is InChI=1S/C14H20N6O/c1-21-8-11-6-10(19-20-11)7-16-14-12-2-4-15-5-3-13(12)17-9-18-14/h6,9,15H,2-5,7-8H2,1H3,(H,19,20)(H,16,17,18). The van der Waals surface area contributed by atoms with Crippen LogP contribution in [0, 0.1) is 0 Å². The molecule has 0 aromatic carbocycles. The molecule has 0 saturated heterocycles. The van der Waals surface area contributed by atoms with Crippen LogP contribution in [0.1, 0.15) is 22.6 Å². The van der Waals surface area contributed by atoms with Gasteiger partial charge in [0.1, 0.15) is 12.1 Å². The minimum absolute atomic E-state index is 0.519. The van der Waals surface area contributed by atoms with Crippen molar-refractivity contribution in [2.24, 2.45) is 0 Å². The van der Waals surface area contributed by atoms with E-state index in [1.54, 1.807) is 13.4 Å². The molecule has 0 amide bonds. The Labute approximate surface area is 123 Å². The van der Waals surface area contributed by atoms with Crippen LogP contribution in [0.25, 0.3) is 0 Å². The Bertz CT molecular complexity index is 597. The van der Waals surface area contributed by atoms with Gasteiger partial charge < -0.3 is 15.4 Å². The van der Waals surface area contributed by atoms with E-state index in [1.807, 2.05) is 6.07 Å². The average Bonchev–Trinajstić information content (AvgIpc) is 2.80. The summed E-state index contributed by atoms with van der Waals surface area (Å²) in [4.78, 5) is 8.78. The molecule has 0 aliphatic carbocycles. The molecule has 0 atom stereocenters. The number of nitrogens with one attached hydrogen (secondary N) is 3. The number of rotatable bonds is 5. The second-order valence-electron chi connectivity index (χ2n) is 5.07. The summed E-state index contributed by atoms with van der Waals surface area (Å²) in [7, 11) is 1.66. The molecule has 0 radical (unpaired) electrons. The molecule has 0 unspecified atom stereocenters. The number of fused-ring (bicyclic) bond motifs is 1. The van der Waals surface area contributed by atoms with E-state index in [-0.39, 0.29) is 0 Å². The van der Waals surface area contributed by atoms with Crippen LogP contribution in [0.3, 0.4) is 0 Å². The summed E-state index contributed by atoms with van der Waals surface area (Å²) >= 11 is 0. The monoisotopic (exact) mass is 288 g/mol. The lowest BCUT2D eigenvalue weighted by Crippen LogP contribution is -2.16. The summed E-state index contributed by atoms with van der Waals surface area (Å²) in [5.41, 5.74) is 4.28. The maximum Gasteiger partial charge on any atom is 0.133 e. The third-order valence-electron chi connectivity index (χ3n) is 3.55. The normalized spacial score (nSPS) is 14.5. The van der Waals surface area contributed by atoms with Gasteiger partial charge in [0.05, 0.1) is 30.2 Å². The minimum Gasteiger partial charge on any atom is -0.378 e. The highest BCUT2D eigenvalue weighted by atomic mass is 16.5. The zero-order valence-corrected chi connectivity index (χ0v) is 12.1. The number of ether oxygens (including phenoxy) is 1. The second-order valence-corrected chi connectivity index (χ2v) is 5.07. The number of aromatic amines is 1. The topological polar surface area (TPSA) is 87.8 Å². The number of methoxy groups -OCH3 is 1. The first-order valence-electron chi connectivity index (χ1n) is 7.16.